The molecule has 2 rings (SSSR count). The Morgan fingerprint density at radius 3 is 2.46 bits per heavy atom. The number of urea groups is 1. The highest BCUT2D eigenvalue weighted by molar-refractivity contribution is 6.32. The van der Waals surface area contributed by atoms with Gasteiger partial charge < -0.3 is 20.1 Å². The van der Waals surface area contributed by atoms with Crippen molar-refractivity contribution in [1.29, 1.82) is 0 Å². The van der Waals surface area contributed by atoms with E-state index in [2.05, 4.69) is 10.6 Å². The zero-order valence-corrected chi connectivity index (χ0v) is 14.7. The van der Waals surface area contributed by atoms with Crippen LogP contribution in [0.1, 0.15) is 16.7 Å². The number of ether oxygens (including phenoxy) is 2. The van der Waals surface area contributed by atoms with Crippen LogP contribution in [0.4, 0.5) is 4.79 Å². The third-order valence-corrected chi connectivity index (χ3v) is 4.06. The van der Waals surface area contributed by atoms with Crippen LogP contribution >= 0.6 is 11.6 Å². The molecule has 24 heavy (non-hydrogen) atoms. The Bertz CT molecular complexity index is 696. The number of methoxy groups -OCH3 is 1. The van der Waals surface area contributed by atoms with Crippen molar-refractivity contribution in [2.45, 2.75) is 20.4 Å². The van der Waals surface area contributed by atoms with Gasteiger partial charge in [-0.05, 0) is 54.8 Å². The van der Waals surface area contributed by atoms with Crippen molar-refractivity contribution in [3.8, 4) is 11.5 Å². The molecular weight excluding hydrogens is 328 g/mol. The molecule has 2 amide bonds. The summed E-state index contributed by atoms with van der Waals surface area (Å²) in [6.07, 6.45) is 0. The van der Waals surface area contributed by atoms with Crippen LogP contribution in [-0.4, -0.2) is 19.9 Å². The first-order chi connectivity index (χ1) is 11.5. The maximum atomic E-state index is 11.8. The van der Waals surface area contributed by atoms with E-state index < -0.39 is 0 Å². The minimum atomic E-state index is -0.305. The smallest absolute Gasteiger partial charge is 0.317 e. The van der Waals surface area contributed by atoms with Gasteiger partial charge in [-0.3, -0.25) is 0 Å². The van der Waals surface area contributed by atoms with Crippen molar-refractivity contribution in [3.05, 3.63) is 58.1 Å². The highest BCUT2D eigenvalue weighted by atomic mass is 35.5. The molecule has 0 saturated heterocycles. The monoisotopic (exact) mass is 348 g/mol. The van der Waals surface area contributed by atoms with Gasteiger partial charge in [0.2, 0.25) is 0 Å². The molecule has 0 saturated carbocycles. The number of halogens is 1. The van der Waals surface area contributed by atoms with Gasteiger partial charge in [0.25, 0.3) is 0 Å². The Hall–Kier alpha value is -2.40. The fourth-order valence-corrected chi connectivity index (χ4v) is 2.31. The van der Waals surface area contributed by atoms with Gasteiger partial charge in [-0.1, -0.05) is 23.7 Å². The third-order valence-electron chi connectivity index (χ3n) is 3.47. The summed E-state index contributed by atoms with van der Waals surface area (Å²) in [7, 11) is 1.61. The summed E-state index contributed by atoms with van der Waals surface area (Å²) in [5, 5.41) is 6.14. The molecule has 6 heteroatoms. The van der Waals surface area contributed by atoms with Gasteiger partial charge in [-0.15, -0.1) is 0 Å². The van der Waals surface area contributed by atoms with E-state index in [1.54, 1.807) is 7.11 Å². The Labute approximate surface area is 146 Å². The molecular formula is C18H21ClN2O3. The molecule has 0 fully saturated rings. The summed E-state index contributed by atoms with van der Waals surface area (Å²) >= 11 is 6.11. The average molecular weight is 349 g/mol. The van der Waals surface area contributed by atoms with Crippen LogP contribution in [0.5, 0.6) is 11.5 Å². The van der Waals surface area contributed by atoms with Crippen molar-refractivity contribution in [1.82, 2.24) is 10.6 Å². The Morgan fingerprint density at radius 1 is 1.08 bits per heavy atom. The molecule has 2 aromatic rings. The number of carbonyl (C=O) groups is 1. The van der Waals surface area contributed by atoms with Crippen LogP contribution in [0.25, 0.3) is 0 Å². The second kappa shape index (κ2) is 8.45. The summed E-state index contributed by atoms with van der Waals surface area (Å²) in [5.41, 5.74) is 2.83. The fraction of sp³-hybridized carbons (Fsp3) is 0.278. The lowest BCUT2D eigenvalue weighted by molar-refractivity contribution is 0.223. The molecule has 2 aromatic carbocycles. The molecule has 0 spiro atoms. The maximum absolute atomic E-state index is 11.8. The van der Waals surface area contributed by atoms with Gasteiger partial charge in [0.1, 0.15) is 11.5 Å². The number of rotatable bonds is 6. The second-order valence-electron chi connectivity index (χ2n) is 5.37. The lowest BCUT2D eigenvalue weighted by atomic mass is 10.1. The van der Waals surface area contributed by atoms with E-state index in [1.165, 1.54) is 0 Å². The topological polar surface area (TPSA) is 59.6 Å². The van der Waals surface area contributed by atoms with Crippen LogP contribution in [-0.2, 0) is 6.54 Å². The second-order valence-corrected chi connectivity index (χ2v) is 5.75. The molecule has 0 heterocycles. The molecule has 2 N–H and O–H groups in total. The molecule has 0 unspecified atom stereocenters. The number of hydrogen-bond acceptors (Lipinski definition) is 3. The van der Waals surface area contributed by atoms with E-state index in [1.807, 2.05) is 50.2 Å². The van der Waals surface area contributed by atoms with Gasteiger partial charge in [0.15, 0.2) is 6.73 Å². The molecule has 0 bridgehead atoms. The number of benzene rings is 2. The SMILES string of the molecule is COc1cccc(CNC(=O)NCOc2cc(C)c(Cl)c(C)c2)c1. The van der Waals surface area contributed by atoms with Crippen LogP contribution < -0.4 is 20.1 Å². The predicted octanol–water partition coefficient (Wildman–Crippen LogP) is 3.80. The first-order valence-electron chi connectivity index (χ1n) is 7.54. The minimum Gasteiger partial charge on any atom is -0.497 e. The number of carbonyl (C=O) groups excluding carboxylic acids is 1. The summed E-state index contributed by atoms with van der Waals surface area (Å²) in [6.45, 7) is 4.31. The Kier molecular flexibility index (Phi) is 6.32. The quantitative estimate of drug-likeness (QED) is 0.780. The standard InChI is InChI=1S/C18H21ClN2O3/c1-12-7-16(8-13(2)17(12)19)24-11-21-18(22)20-10-14-5-4-6-15(9-14)23-3/h4-9H,10-11H2,1-3H3,(H2,20,21,22). The van der Waals surface area contributed by atoms with Gasteiger partial charge in [0.05, 0.1) is 7.11 Å². The number of aryl methyl sites for hydroxylation is 2. The van der Waals surface area contributed by atoms with Crippen LogP contribution in [0, 0.1) is 13.8 Å². The predicted molar refractivity (Wildman–Crippen MR) is 94.8 cm³/mol. The maximum Gasteiger partial charge on any atom is 0.317 e. The van der Waals surface area contributed by atoms with E-state index in [0.717, 1.165) is 27.5 Å². The van der Waals surface area contributed by atoms with Gasteiger partial charge >= 0.3 is 6.03 Å². The molecule has 5 nitrogen and oxygen atoms in total. The van der Waals surface area contributed by atoms with Crippen LogP contribution in [0.3, 0.4) is 0 Å². The summed E-state index contributed by atoms with van der Waals surface area (Å²) in [6, 6.07) is 10.9. The third kappa shape index (κ3) is 5.06. The van der Waals surface area contributed by atoms with Crippen molar-refractivity contribution >= 4 is 17.6 Å². The highest BCUT2D eigenvalue weighted by Crippen LogP contribution is 2.25. The normalized spacial score (nSPS) is 10.2. The fourth-order valence-electron chi connectivity index (χ4n) is 2.20. The lowest BCUT2D eigenvalue weighted by Crippen LogP contribution is -2.37. The molecule has 0 aliphatic rings. The number of hydrogen-bond donors (Lipinski definition) is 2. The first kappa shape index (κ1) is 17.9. The van der Waals surface area contributed by atoms with Crippen molar-refractivity contribution in [3.63, 3.8) is 0 Å². The van der Waals surface area contributed by atoms with Gasteiger partial charge in [-0.2, -0.15) is 0 Å². The first-order valence-corrected chi connectivity index (χ1v) is 7.91. The molecule has 0 aromatic heterocycles. The summed E-state index contributed by atoms with van der Waals surface area (Å²) < 4.78 is 10.7. The molecule has 0 aliphatic carbocycles. The molecule has 0 radical (unpaired) electrons. The lowest BCUT2D eigenvalue weighted by Gasteiger charge is -2.12. The van der Waals surface area contributed by atoms with Crippen molar-refractivity contribution < 1.29 is 14.3 Å². The van der Waals surface area contributed by atoms with E-state index in [4.69, 9.17) is 21.1 Å². The van der Waals surface area contributed by atoms with E-state index >= 15 is 0 Å². The Morgan fingerprint density at radius 2 is 1.79 bits per heavy atom. The molecule has 128 valence electrons. The van der Waals surface area contributed by atoms with Crippen LogP contribution in [0.15, 0.2) is 36.4 Å². The van der Waals surface area contributed by atoms with Gasteiger partial charge in [0, 0.05) is 11.6 Å². The van der Waals surface area contributed by atoms with Crippen LogP contribution in [0.2, 0.25) is 5.02 Å². The molecule has 0 aliphatic heterocycles. The largest absolute Gasteiger partial charge is 0.497 e. The zero-order chi connectivity index (χ0) is 17.5. The van der Waals surface area contributed by atoms with Gasteiger partial charge in [-0.25, -0.2) is 4.79 Å². The minimum absolute atomic E-state index is 0.0739. The van der Waals surface area contributed by atoms with E-state index in [-0.39, 0.29) is 12.8 Å². The summed E-state index contributed by atoms with van der Waals surface area (Å²) in [5.74, 6) is 1.43. The van der Waals surface area contributed by atoms with Crippen molar-refractivity contribution in [2.24, 2.45) is 0 Å². The Balaban J connectivity index is 1.77. The average Bonchev–Trinajstić information content (AvgIpc) is 2.58. The van der Waals surface area contributed by atoms with E-state index in [9.17, 15) is 4.79 Å². The number of amides is 2. The van der Waals surface area contributed by atoms with E-state index in [0.29, 0.717) is 12.3 Å². The molecule has 0 atom stereocenters. The summed E-state index contributed by atoms with van der Waals surface area (Å²) in [4.78, 5) is 11.8. The zero-order valence-electron chi connectivity index (χ0n) is 14.0. The number of nitrogens with one attached hydrogen (secondary N) is 2. The highest BCUT2D eigenvalue weighted by Gasteiger charge is 2.05. The van der Waals surface area contributed by atoms with Crippen molar-refractivity contribution in [2.75, 3.05) is 13.8 Å².